The van der Waals surface area contributed by atoms with Crippen LogP contribution in [0.4, 0.5) is 11.4 Å². The van der Waals surface area contributed by atoms with Crippen molar-refractivity contribution in [1.82, 2.24) is 4.57 Å². The fourth-order valence-electron chi connectivity index (χ4n) is 2.39. The molecule has 0 fully saturated rings. The number of hydrogen-bond acceptors (Lipinski definition) is 5. The van der Waals surface area contributed by atoms with Crippen LogP contribution in [-0.2, 0) is 0 Å². The molecule has 3 rings (SSSR count). The van der Waals surface area contributed by atoms with E-state index in [1.165, 1.54) is 16.7 Å². The lowest BCUT2D eigenvalue weighted by molar-refractivity contribution is 1.04. The number of nitrogens with zero attached hydrogens (tertiary/aromatic N) is 3. The van der Waals surface area contributed by atoms with Crippen LogP contribution in [0.1, 0.15) is 5.56 Å². The minimum absolute atomic E-state index is 0.101. The molecule has 3 aromatic rings. The maximum Gasteiger partial charge on any atom is 0.275 e. The molecular weight excluding hydrogens is 280 g/mol. The van der Waals surface area contributed by atoms with E-state index in [0.29, 0.717) is 16.6 Å². The minimum Gasteiger partial charge on any atom is -0.397 e. The highest BCUT2D eigenvalue weighted by atomic mass is 16.3. The van der Waals surface area contributed by atoms with Gasteiger partial charge in [-0.3, -0.25) is 9.36 Å². The number of aromatic nitrogens is 1. The number of anilines is 1. The number of benzene rings is 2. The van der Waals surface area contributed by atoms with E-state index in [1.807, 2.05) is 6.07 Å². The van der Waals surface area contributed by atoms with E-state index in [9.17, 15) is 15.0 Å². The van der Waals surface area contributed by atoms with E-state index in [4.69, 9.17) is 5.73 Å². The van der Waals surface area contributed by atoms with Crippen molar-refractivity contribution in [3.05, 3.63) is 69.4 Å². The number of nitriles is 1. The highest BCUT2D eigenvalue weighted by Crippen LogP contribution is 2.25. The van der Waals surface area contributed by atoms with Crippen molar-refractivity contribution in [3.63, 3.8) is 0 Å². The molecule has 0 aliphatic carbocycles. The smallest absolute Gasteiger partial charge is 0.275 e. The van der Waals surface area contributed by atoms with Crippen LogP contribution in [0.15, 0.2) is 58.5 Å². The van der Waals surface area contributed by atoms with Crippen LogP contribution in [0.3, 0.4) is 0 Å². The zero-order chi connectivity index (χ0) is 15.7. The predicted octanol–water partition coefficient (Wildman–Crippen LogP) is 2.84. The average molecular weight is 290 g/mol. The van der Waals surface area contributed by atoms with Gasteiger partial charge in [-0.05, 0) is 35.5 Å². The molecule has 6 nitrogen and oxygen atoms in total. The van der Waals surface area contributed by atoms with Crippen LogP contribution in [0.2, 0.25) is 0 Å². The largest absolute Gasteiger partial charge is 0.397 e. The maximum absolute atomic E-state index is 12.6. The van der Waals surface area contributed by atoms with E-state index >= 15 is 0 Å². The highest BCUT2D eigenvalue weighted by Gasteiger charge is 2.15. The summed E-state index contributed by atoms with van der Waals surface area (Å²) in [6.07, 6.45) is 0. The Kier molecular flexibility index (Phi) is 3.16. The molecule has 0 atom stereocenters. The first-order chi connectivity index (χ1) is 10.7. The fraction of sp³-hybridized carbons (Fsp3) is 0. The van der Waals surface area contributed by atoms with Gasteiger partial charge in [0.05, 0.1) is 11.2 Å². The van der Waals surface area contributed by atoms with Gasteiger partial charge in [-0.15, -0.1) is 4.91 Å². The summed E-state index contributed by atoms with van der Waals surface area (Å²) < 4.78 is 1.40. The summed E-state index contributed by atoms with van der Waals surface area (Å²) in [4.78, 5) is 23.1. The topological polar surface area (TPSA) is 101 Å². The van der Waals surface area contributed by atoms with Gasteiger partial charge in [0.1, 0.15) is 17.3 Å². The van der Waals surface area contributed by atoms with Crippen LogP contribution >= 0.6 is 0 Å². The van der Waals surface area contributed by atoms with Gasteiger partial charge in [0.25, 0.3) is 5.56 Å². The Morgan fingerprint density at radius 1 is 1.09 bits per heavy atom. The molecule has 6 heteroatoms. The Morgan fingerprint density at radius 3 is 2.41 bits per heavy atom. The monoisotopic (exact) mass is 290 g/mol. The van der Waals surface area contributed by atoms with Gasteiger partial charge in [-0.25, -0.2) is 0 Å². The Hall–Kier alpha value is -3.46. The summed E-state index contributed by atoms with van der Waals surface area (Å²) in [5, 5.41) is 12.7. The van der Waals surface area contributed by atoms with Crippen LogP contribution in [0.25, 0.3) is 16.6 Å². The van der Waals surface area contributed by atoms with Gasteiger partial charge < -0.3 is 5.73 Å². The summed E-state index contributed by atoms with van der Waals surface area (Å²) in [6.45, 7) is 0. The number of hydrogen-bond donors (Lipinski definition) is 1. The minimum atomic E-state index is -0.495. The summed E-state index contributed by atoms with van der Waals surface area (Å²) in [5.41, 5.74) is 6.89. The van der Waals surface area contributed by atoms with E-state index < -0.39 is 5.56 Å². The zero-order valence-electron chi connectivity index (χ0n) is 11.4. The second kappa shape index (κ2) is 5.14. The molecule has 106 valence electrons. The normalized spacial score (nSPS) is 10.3. The molecule has 2 aromatic carbocycles. The first-order valence-electron chi connectivity index (χ1n) is 6.44. The molecule has 2 N–H and O–H groups in total. The molecule has 0 spiro atoms. The van der Waals surface area contributed by atoms with E-state index in [0.717, 1.165) is 0 Å². The third-order valence-electron chi connectivity index (χ3n) is 3.45. The van der Waals surface area contributed by atoms with Crippen molar-refractivity contribution in [1.29, 1.82) is 5.26 Å². The molecule has 22 heavy (non-hydrogen) atoms. The molecule has 0 saturated carbocycles. The first-order valence-corrected chi connectivity index (χ1v) is 6.44. The number of rotatable bonds is 2. The maximum atomic E-state index is 12.6. The molecule has 0 unspecified atom stereocenters. The predicted molar refractivity (Wildman–Crippen MR) is 84.1 cm³/mol. The van der Waals surface area contributed by atoms with Crippen molar-refractivity contribution >= 4 is 22.3 Å². The quantitative estimate of drug-likeness (QED) is 0.733. The molecule has 0 amide bonds. The van der Waals surface area contributed by atoms with Crippen LogP contribution in [0.5, 0.6) is 0 Å². The molecule has 0 radical (unpaired) electrons. The number of nitrogen functional groups attached to an aromatic ring is 1. The Labute approximate surface area is 125 Å². The summed E-state index contributed by atoms with van der Waals surface area (Å²) in [5.74, 6) is 0. The van der Waals surface area contributed by atoms with Crippen LogP contribution < -0.4 is 11.3 Å². The Bertz CT molecular complexity index is 982. The Morgan fingerprint density at radius 2 is 1.77 bits per heavy atom. The fourth-order valence-corrected chi connectivity index (χ4v) is 2.39. The van der Waals surface area contributed by atoms with E-state index in [-0.39, 0.29) is 16.9 Å². The van der Waals surface area contributed by atoms with Crippen molar-refractivity contribution in [2.45, 2.75) is 0 Å². The number of fused-ring (bicyclic) bond motifs is 1. The van der Waals surface area contributed by atoms with Gasteiger partial charge in [0, 0.05) is 11.1 Å². The van der Waals surface area contributed by atoms with Gasteiger partial charge in [-0.2, -0.15) is 5.26 Å². The van der Waals surface area contributed by atoms with E-state index in [2.05, 4.69) is 5.18 Å². The number of para-hydroxylation sites is 1. The van der Waals surface area contributed by atoms with Crippen LogP contribution in [0, 0.1) is 16.2 Å². The second-order valence-electron chi connectivity index (χ2n) is 4.67. The molecule has 0 aliphatic rings. The lowest BCUT2D eigenvalue weighted by atomic mass is 10.1. The van der Waals surface area contributed by atoms with Gasteiger partial charge in [0.2, 0.25) is 0 Å². The van der Waals surface area contributed by atoms with Crippen molar-refractivity contribution < 1.29 is 0 Å². The Balaban J connectivity index is 2.44. The van der Waals surface area contributed by atoms with Gasteiger partial charge >= 0.3 is 0 Å². The molecule has 0 aliphatic heterocycles. The average Bonchev–Trinajstić information content (AvgIpc) is 2.56. The molecule has 1 aromatic heterocycles. The summed E-state index contributed by atoms with van der Waals surface area (Å²) in [7, 11) is 0. The standard InChI is InChI=1S/C16H10N4O2/c17-9-13-15(18)12-3-1-2-4-14(12)20(16(13)21)11-7-5-10(19-22)6-8-11/h1-8H,18H2. The molecular formula is C16H10N4O2. The first kappa shape index (κ1) is 13.5. The van der Waals surface area contributed by atoms with Gasteiger partial charge in [0.15, 0.2) is 0 Å². The molecule has 0 saturated heterocycles. The molecule has 0 bridgehead atoms. The van der Waals surface area contributed by atoms with E-state index in [1.54, 1.807) is 36.4 Å². The summed E-state index contributed by atoms with van der Waals surface area (Å²) in [6, 6.07) is 15.1. The lowest BCUT2D eigenvalue weighted by Gasteiger charge is -2.13. The van der Waals surface area contributed by atoms with Crippen molar-refractivity contribution in [2.24, 2.45) is 5.18 Å². The molecule has 1 heterocycles. The third kappa shape index (κ3) is 1.93. The SMILES string of the molecule is N#Cc1c(N)c2ccccc2n(-c2ccc(N=O)cc2)c1=O. The van der Waals surface area contributed by atoms with Gasteiger partial charge in [-0.1, -0.05) is 18.2 Å². The summed E-state index contributed by atoms with van der Waals surface area (Å²) >= 11 is 0. The lowest BCUT2D eigenvalue weighted by Crippen LogP contribution is -2.23. The number of pyridine rings is 1. The van der Waals surface area contributed by atoms with Crippen molar-refractivity contribution in [3.8, 4) is 11.8 Å². The highest BCUT2D eigenvalue weighted by molar-refractivity contribution is 5.93. The number of nitroso groups, excluding NO2 is 1. The second-order valence-corrected chi connectivity index (χ2v) is 4.67. The third-order valence-corrected chi connectivity index (χ3v) is 3.45. The number of nitrogens with two attached hydrogens (primary N) is 1. The van der Waals surface area contributed by atoms with Crippen molar-refractivity contribution in [2.75, 3.05) is 5.73 Å². The zero-order valence-corrected chi connectivity index (χ0v) is 11.4. The van der Waals surface area contributed by atoms with Crippen LogP contribution in [-0.4, -0.2) is 4.57 Å².